The second-order valence-electron chi connectivity index (χ2n) is 1.84. The summed E-state index contributed by atoms with van der Waals surface area (Å²) in [7, 11) is -4.67. The lowest BCUT2D eigenvalue weighted by molar-refractivity contribution is 0.306. The standard InChI is InChI=1S/C3H5NS.C2H7NO.H2O4S/c1-2-5-3-4-1;3-1-2-4;1-5(2,3)4/h3H,1-2H2;4H,1-3H2;(H2,1,2,3,4). The lowest BCUT2D eigenvalue weighted by Crippen LogP contribution is -2.02. The summed E-state index contributed by atoms with van der Waals surface area (Å²) < 4.78 is 31.6. The fraction of sp³-hybridized carbons (Fsp3) is 0.800. The molecule has 0 amide bonds. The molecule has 0 unspecified atom stereocenters. The van der Waals surface area contributed by atoms with Gasteiger partial charge in [-0.1, -0.05) is 0 Å². The number of nitrogens with zero attached hydrogens (tertiary/aromatic N) is 1. The minimum absolute atomic E-state index is 0.0972. The van der Waals surface area contributed by atoms with E-state index in [9.17, 15) is 0 Å². The van der Waals surface area contributed by atoms with Crippen molar-refractivity contribution in [2.24, 2.45) is 10.7 Å². The number of rotatable bonds is 1. The number of thioether (sulfide) groups is 1. The molecule has 0 atom stereocenters. The van der Waals surface area contributed by atoms with E-state index in [-0.39, 0.29) is 6.61 Å². The van der Waals surface area contributed by atoms with Crippen molar-refractivity contribution in [3.05, 3.63) is 0 Å². The van der Waals surface area contributed by atoms with Gasteiger partial charge in [-0.2, -0.15) is 8.42 Å². The molecule has 1 rings (SSSR count). The highest BCUT2D eigenvalue weighted by Crippen LogP contribution is 1.99. The molecular weight excluding hydrogens is 232 g/mol. The van der Waals surface area contributed by atoms with Crippen LogP contribution in [0, 0.1) is 0 Å². The molecule has 7 nitrogen and oxygen atoms in total. The van der Waals surface area contributed by atoms with Crippen LogP contribution in [0.3, 0.4) is 0 Å². The van der Waals surface area contributed by atoms with E-state index < -0.39 is 10.4 Å². The lowest BCUT2D eigenvalue weighted by Gasteiger charge is -1.71. The number of aliphatic hydroxyl groups excluding tert-OH is 1. The monoisotopic (exact) mass is 246 g/mol. The number of aliphatic imine (C=N–C) groups is 1. The first kappa shape index (κ1) is 16.2. The normalized spacial score (nSPS) is 13.7. The SMILES string of the molecule is C1=NCCS1.NCCO.O=S(=O)(O)O. The van der Waals surface area contributed by atoms with Crippen LogP contribution in [0.2, 0.25) is 0 Å². The van der Waals surface area contributed by atoms with Gasteiger partial charge in [0, 0.05) is 18.8 Å². The maximum atomic E-state index is 8.74. The van der Waals surface area contributed by atoms with E-state index >= 15 is 0 Å². The van der Waals surface area contributed by atoms with Crippen LogP contribution in [0.15, 0.2) is 4.99 Å². The van der Waals surface area contributed by atoms with Crippen molar-refractivity contribution in [2.45, 2.75) is 0 Å². The van der Waals surface area contributed by atoms with Crippen molar-refractivity contribution in [1.82, 2.24) is 0 Å². The van der Waals surface area contributed by atoms with Crippen LogP contribution in [0.5, 0.6) is 0 Å². The second-order valence-corrected chi connectivity index (χ2v) is 3.69. The summed E-state index contributed by atoms with van der Waals surface area (Å²) in [4.78, 5) is 3.92. The van der Waals surface area contributed by atoms with E-state index in [1.54, 1.807) is 11.8 Å². The largest absolute Gasteiger partial charge is 0.395 e. The van der Waals surface area contributed by atoms with Gasteiger partial charge < -0.3 is 10.8 Å². The third kappa shape index (κ3) is 40.9. The molecule has 0 spiro atoms. The third-order valence-corrected chi connectivity index (χ3v) is 1.33. The molecule has 0 saturated carbocycles. The van der Waals surface area contributed by atoms with Crippen molar-refractivity contribution in [2.75, 3.05) is 25.4 Å². The van der Waals surface area contributed by atoms with Gasteiger partial charge >= 0.3 is 10.4 Å². The molecule has 0 bridgehead atoms. The Hall–Kier alpha value is -0.190. The fourth-order valence-corrected chi connectivity index (χ4v) is 0.791. The predicted octanol–water partition coefficient (Wildman–Crippen LogP) is -0.954. The highest BCUT2D eigenvalue weighted by atomic mass is 32.3. The first-order valence-electron chi connectivity index (χ1n) is 3.52. The molecule has 0 fully saturated rings. The van der Waals surface area contributed by atoms with E-state index in [2.05, 4.69) is 4.99 Å². The zero-order chi connectivity index (χ0) is 11.4. The lowest BCUT2D eigenvalue weighted by atomic mass is 10.8. The van der Waals surface area contributed by atoms with Gasteiger partial charge in [-0.25, -0.2) is 0 Å². The van der Waals surface area contributed by atoms with E-state index in [1.165, 1.54) is 5.75 Å². The van der Waals surface area contributed by atoms with Crippen molar-refractivity contribution in [3.8, 4) is 0 Å². The molecule has 0 aliphatic carbocycles. The Morgan fingerprint density at radius 3 is 2.00 bits per heavy atom. The Balaban J connectivity index is 0. The minimum Gasteiger partial charge on any atom is -0.395 e. The summed E-state index contributed by atoms with van der Waals surface area (Å²) in [5, 5.41) is 7.75. The Bertz CT molecular complexity index is 212. The Kier molecular flexibility index (Phi) is 12.6. The molecule has 86 valence electrons. The average Bonchev–Trinajstić information content (AvgIpc) is 2.57. The van der Waals surface area contributed by atoms with Crippen LogP contribution in [-0.2, 0) is 10.4 Å². The van der Waals surface area contributed by atoms with E-state index in [0.29, 0.717) is 6.54 Å². The van der Waals surface area contributed by atoms with Gasteiger partial charge in [0.05, 0.1) is 12.2 Å². The van der Waals surface area contributed by atoms with Crippen molar-refractivity contribution in [1.29, 1.82) is 0 Å². The molecule has 0 aromatic carbocycles. The Morgan fingerprint density at radius 1 is 1.50 bits per heavy atom. The van der Waals surface area contributed by atoms with Crippen molar-refractivity contribution < 1.29 is 22.6 Å². The zero-order valence-electron chi connectivity index (χ0n) is 7.40. The zero-order valence-corrected chi connectivity index (χ0v) is 9.04. The topological polar surface area (TPSA) is 133 Å². The summed E-state index contributed by atoms with van der Waals surface area (Å²) in [6, 6.07) is 0. The van der Waals surface area contributed by atoms with Crippen LogP contribution < -0.4 is 5.73 Å². The highest BCUT2D eigenvalue weighted by Gasteiger charge is 1.86. The summed E-state index contributed by atoms with van der Waals surface area (Å²) in [6.07, 6.45) is 0. The van der Waals surface area contributed by atoms with Crippen molar-refractivity contribution >= 4 is 27.7 Å². The summed E-state index contributed by atoms with van der Waals surface area (Å²) >= 11 is 1.78. The van der Waals surface area contributed by atoms with Crippen LogP contribution in [0.4, 0.5) is 0 Å². The van der Waals surface area contributed by atoms with E-state index in [1.807, 2.05) is 5.55 Å². The van der Waals surface area contributed by atoms with Crippen LogP contribution in [0.25, 0.3) is 0 Å². The summed E-state index contributed by atoms with van der Waals surface area (Å²) in [5.41, 5.74) is 6.68. The quantitative estimate of drug-likeness (QED) is 0.438. The van der Waals surface area contributed by atoms with Gasteiger partial charge in [0.2, 0.25) is 0 Å². The smallest absolute Gasteiger partial charge is 0.394 e. The molecular formula is C5H14N2O5S2. The molecule has 1 aliphatic rings. The van der Waals surface area contributed by atoms with Gasteiger partial charge in [0.1, 0.15) is 0 Å². The van der Waals surface area contributed by atoms with Crippen LogP contribution in [0.1, 0.15) is 0 Å². The number of nitrogens with two attached hydrogens (primary N) is 1. The molecule has 1 aliphatic heterocycles. The minimum atomic E-state index is -4.67. The predicted molar refractivity (Wildman–Crippen MR) is 56.1 cm³/mol. The van der Waals surface area contributed by atoms with Gasteiger partial charge in [-0.3, -0.25) is 14.1 Å². The summed E-state index contributed by atoms with van der Waals surface area (Å²) in [5.74, 6) is 1.19. The van der Waals surface area contributed by atoms with Gasteiger partial charge in [0.25, 0.3) is 0 Å². The Labute approximate surface area is 87.0 Å². The van der Waals surface area contributed by atoms with Crippen LogP contribution >= 0.6 is 11.8 Å². The van der Waals surface area contributed by atoms with E-state index in [0.717, 1.165) is 6.54 Å². The van der Waals surface area contributed by atoms with Gasteiger partial charge in [-0.05, 0) is 0 Å². The number of hydrogen-bond donors (Lipinski definition) is 4. The molecule has 0 aromatic heterocycles. The van der Waals surface area contributed by atoms with Gasteiger partial charge in [0.15, 0.2) is 0 Å². The third-order valence-electron chi connectivity index (χ3n) is 0.616. The van der Waals surface area contributed by atoms with Crippen molar-refractivity contribution in [3.63, 3.8) is 0 Å². The fourth-order valence-electron chi connectivity index (χ4n) is 0.264. The second kappa shape index (κ2) is 10.9. The average molecular weight is 246 g/mol. The maximum Gasteiger partial charge on any atom is 0.394 e. The Morgan fingerprint density at radius 2 is 1.93 bits per heavy atom. The molecule has 5 N–H and O–H groups in total. The molecule has 14 heavy (non-hydrogen) atoms. The first-order chi connectivity index (χ1) is 6.41. The molecule has 1 heterocycles. The highest BCUT2D eigenvalue weighted by molar-refractivity contribution is 8.12. The maximum absolute atomic E-state index is 8.74. The molecule has 0 saturated heterocycles. The number of hydrogen-bond acceptors (Lipinski definition) is 6. The van der Waals surface area contributed by atoms with Gasteiger partial charge in [-0.15, -0.1) is 11.8 Å². The summed E-state index contributed by atoms with van der Waals surface area (Å²) in [6.45, 7) is 1.50. The molecule has 0 aromatic rings. The van der Waals surface area contributed by atoms with Crippen LogP contribution in [-0.4, -0.2) is 53.6 Å². The molecule has 0 radical (unpaired) electrons. The van der Waals surface area contributed by atoms with E-state index in [4.69, 9.17) is 28.4 Å². The number of aliphatic hydroxyl groups is 1. The molecule has 9 heteroatoms. The first-order valence-corrected chi connectivity index (χ1v) is 5.97.